The minimum Gasteiger partial charge on any atom is -0.381 e. The monoisotopic (exact) mass is 295 g/mol. The second kappa shape index (κ2) is 6.44. The molecule has 20 heavy (non-hydrogen) atoms. The fourth-order valence-electron chi connectivity index (χ4n) is 3.07. The first-order valence-corrected chi connectivity index (χ1v) is 7.95. The summed E-state index contributed by atoms with van der Waals surface area (Å²) in [5.41, 5.74) is 2.75. The fraction of sp³-hybridized carbons (Fsp3) is 0.625. The predicted octanol–water partition coefficient (Wildman–Crippen LogP) is 2.68. The minimum atomic E-state index is 0.00948. The van der Waals surface area contributed by atoms with Crippen molar-refractivity contribution in [3.05, 3.63) is 35.4 Å². The van der Waals surface area contributed by atoms with Crippen LogP contribution in [0.2, 0.25) is 0 Å². The van der Waals surface area contributed by atoms with Crippen LogP contribution in [0.15, 0.2) is 24.3 Å². The second-order valence-corrected chi connectivity index (χ2v) is 5.98. The van der Waals surface area contributed by atoms with Crippen molar-refractivity contribution in [2.45, 2.75) is 30.9 Å². The lowest BCUT2D eigenvalue weighted by Gasteiger charge is -2.38. The highest BCUT2D eigenvalue weighted by molar-refractivity contribution is 6.18. The Kier molecular flexibility index (Phi) is 4.61. The van der Waals surface area contributed by atoms with Gasteiger partial charge >= 0.3 is 0 Å². The Hall–Kier alpha value is -0.610. The predicted molar refractivity (Wildman–Crippen MR) is 80.3 cm³/mol. The van der Waals surface area contributed by atoms with Gasteiger partial charge in [0.05, 0.1) is 12.7 Å². The summed E-state index contributed by atoms with van der Waals surface area (Å²) in [5.74, 6) is 0.630. The summed E-state index contributed by atoms with van der Waals surface area (Å²) in [5, 5.41) is 3.66. The van der Waals surface area contributed by atoms with Gasteiger partial charge in [0.15, 0.2) is 0 Å². The molecule has 0 aliphatic carbocycles. The summed E-state index contributed by atoms with van der Waals surface area (Å²) in [6, 6.07) is 8.58. The van der Waals surface area contributed by atoms with Crippen LogP contribution in [0, 0.1) is 0 Å². The SMILES string of the molecule is ClCC1(NCC2OCCc3ccccc32)CCOCC1. The van der Waals surface area contributed by atoms with Crippen molar-refractivity contribution in [3.8, 4) is 0 Å². The van der Waals surface area contributed by atoms with Crippen molar-refractivity contribution >= 4 is 11.6 Å². The maximum atomic E-state index is 6.20. The number of hydrogen-bond donors (Lipinski definition) is 1. The molecular formula is C16H22ClNO2. The van der Waals surface area contributed by atoms with Gasteiger partial charge in [0, 0.05) is 31.2 Å². The van der Waals surface area contributed by atoms with E-state index in [0.717, 1.165) is 45.6 Å². The summed E-state index contributed by atoms with van der Waals surface area (Å²) >= 11 is 6.20. The molecule has 0 saturated carbocycles. The zero-order valence-corrected chi connectivity index (χ0v) is 12.5. The molecule has 110 valence electrons. The fourth-order valence-corrected chi connectivity index (χ4v) is 3.44. The number of rotatable bonds is 4. The molecule has 0 spiro atoms. The number of benzene rings is 1. The average molecular weight is 296 g/mol. The number of ether oxygens (including phenoxy) is 2. The quantitative estimate of drug-likeness (QED) is 0.867. The summed E-state index contributed by atoms with van der Waals surface area (Å²) in [6.45, 7) is 3.22. The summed E-state index contributed by atoms with van der Waals surface area (Å²) in [7, 11) is 0. The van der Waals surface area contributed by atoms with E-state index in [4.69, 9.17) is 21.1 Å². The lowest BCUT2D eigenvalue weighted by atomic mass is 9.91. The highest BCUT2D eigenvalue weighted by atomic mass is 35.5. The van der Waals surface area contributed by atoms with E-state index in [1.54, 1.807) is 0 Å². The summed E-state index contributed by atoms with van der Waals surface area (Å²) in [6.07, 6.45) is 3.11. The van der Waals surface area contributed by atoms with E-state index in [-0.39, 0.29) is 11.6 Å². The number of nitrogens with one attached hydrogen (secondary N) is 1. The van der Waals surface area contributed by atoms with Crippen LogP contribution in [-0.4, -0.2) is 37.8 Å². The molecule has 0 radical (unpaired) electrons. The van der Waals surface area contributed by atoms with E-state index in [0.29, 0.717) is 5.88 Å². The van der Waals surface area contributed by atoms with Crippen molar-refractivity contribution in [1.29, 1.82) is 0 Å². The Labute approximate surface area is 125 Å². The molecule has 2 heterocycles. The number of halogens is 1. The first-order chi connectivity index (χ1) is 9.83. The van der Waals surface area contributed by atoms with Crippen LogP contribution >= 0.6 is 11.6 Å². The van der Waals surface area contributed by atoms with Gasteiger partial charge in [-0.05, 0) is 30.4 Å². The standard InChI is InChI=1S/C16H22ClNO2/c17-12-16(6-9-19-10-7-16)18-11-15-14-4-2-1-3-13(14)5-8-20-15/h1-4,15,18H,5-12H2. The third-order valence-corrected chi connectivity index (χ3v) is 4.97. The summed E-state index contributed by atoms with van der Waals surface area (Å²) < 4.78 is 11.4. The Balaban J connectivity index is 1.66. The van der Waals surface area contributed by atoms with Crippen LogP contribution in [-0.2, 0) is 15.9 Å². The van der Waals surface area contributed by atoms with Gasteiger partial charge in [0.1, 0.15) is 0 Å². The number of fused-ring (bicyclic) bond motifs is 1. The summed E-state index contributed by atoms with van der Waals surface area (Å²) in [4.78, 5) is 0. The molecule has 2 aliphatic rings. The Morgan fingerprint density at radius 2 is 2.00 bits per heavy atom. The zero-order chi connectivity index (χ0) is 13.8. The molecule has 1 saturated heterocycles. The molecule has 1 unspecified atom stereocenters. The van der Waals surface area contributed by atoms with Gasteiger partial charge < -0.3 is 14.8 Å². The van der Waals surface area contributed by atoms with Crippen LogP contribution in [0.25, 0.3) is 0 Å². The second-order valence-electron chi connectivity index (χ2n) is 5.72. The molecular weight excluding hydrogens is 274 g/mol. The highest BCUT2D eigenvalue weighted by Gasteiger charge is 2.32. The van der Waals surface area contributed by atoms with E-state index in [9.17, 15) is 0 Å². The third kappa shape index (κ3) is 3.01. The molecule has 3 rings (SSSR count). The molecule has 1 fully saturated rings. The van der Waals surface area contributed by atoms with Crippen molar-refractivity contribution in [2.24, 2.45) is 0 Å². The van der Waals surface area contributed by atoms with Crippen LogP contribution < -0.4 is 5.32 Å². The molecule has 1 aromatic carbocycles. The molecule has 0 bridgehead atoms. The van der Waals surface area contributed by atoms with Crippen molar-refractivity contribution in [2.75, 3.05) is 32.2 Å². The van der Waals surface area contributed by atoms with E-state index in [1.807, 2.05) is 0 Å². The molecule has 1 N–H and O–H groups in total. The van der Waals surface area contributed by atoms with Crippen LogP contribution in [0.5, 0.6) is 0 Å². The van der Waals surface area contributed by atoms with E-state index < -0.39 is 0 Å². The molecule has 4 heteroatoms. The highest BCUT2D eigenvalue weighted by Crippen LogP contribution is 2.28. The van der Waals surface area contributed by atoms with Crippen molar-refractivity contribution < 1.29 is 9.47 Å². The lowest BCUT2D eigenvalue weighted by Crippen LogP contribution is -2.52. The maximum Gasteiger partial charge on any atom is 0.0952 e. The van der Waals surface area contributed by atoms with E-state index >= 15 is 0 Å². The van der Waals surface area contributed by atoms with Gasteiger partial charge in [0.2, 0.25) is 0 Å². The first kappa shape index (κ1) is 14.3. The van der Waals surface area contributed by atoms with Crippen LogP contribution in [0.1, 0.15) is 30.1 Å². The van der Waals surface area contributed by atoms with E-state index in [2.05, 4.69) is 29.6 Å². The molecule has 0 aromatic heterocycles. The number of hydrogen-bond acceptors (Lipinski definition) is 3. The topological polar surface area (TPSA) is 30.5 Å². The Bertz CT molecular complexity index is 446. The molecule has 1 atom stereocenters. The smallest absolute Gasteiger partial charge is 0.0952 e. The van der Waals surface area contributed by atoms with E-state index in [1.165, 1.54) is 11.1 Å². The minimum absolute atomic E-state index is 0.00948. The Morgan fingerprint density at radius 1 is 1.20 bits per heavy atom. The van der Waals surface area contributed by atoms with Gasteiger partial charge in [0.25, 0.3) is 0 Å². The van der Waals surface area contributed by atoms with Crippen LogP contribution in [0.3, 0.4) is 0 Å². The first-order valence-electron chi connectivity index (χ1n) is 7.41. The number of alkyl halides is 1. The Morgan fingerprint density at radius 3 is 2.80 bits per heavy atom. The van der Waals surface area contributed by atoms with Crippen molar-refractivity contribution in [3.63, 3.8) is 0 Å². The molecule has 2 aliphatic heterocycles. The van der Waals surface area contributed by atoms with Gasteiger partial charge in [-0.3, -0.25) is 0 Å². The zero-order valence-electron chi connectivity index (χ0n) is 11.7. The van der Waals surface area contributed by atoms with Gasteiger partial charge in [-0.15, -0.1) is 11.6 Å². The van der Waals surface area contributed by atoms with Crippen LogP contribution in [0.4, 0.5) is 0 Å². The normalized spacial score (nSPS) is 25.1. The molecule has 1 aromatic rings. The van der Waals surface area contributed by atoms with Gasteiger partial charge in [-0.25, -0.2) is 0 Å². The average Bonchev–Trinajstić information content (AvgIpc) is 2.54. The lowest BCUT2D eigenvalue weighted by molar-refractivity contribution is 0.0166. The largest absolute Gasteiger partial charge is 0.381 e. The van der Waals surface area contributed by atoms with Gasteiger partial charge in [-0.2, -0.15) is 0 Å². The van der Waals surface area contributed by atoms with Gasteiger partial charge in [-0.1, -0.05) is 24.3 Å². The molecule has 0 amide bonds. The molecule has 3 nitrogen and oxygen atoms in total. The maximum absolute atomic E-state index is 6.20. The third-order valence-electron chi connectivity index (χ3n) is 4.46. The van der Waals surface area contributed by atoms with Crippen molar-refractivity contribution in [1.82, 2.24) is 5.32 Å².